The number of nitrogens with two attached hydrogens (primary N) is 1. The van der Waals surface area contributed by atoms with E-state index in [-0.39, 0.29) is 12.0 Å². The lowest BCUT2D eigenvalue weighted by molar-refractivity contribution is -0.146. The van der Waals surface area contributed by atoms with Crippen LogP contribution in [-0.2, 0) is 4.79 Å². The number of benzene rings is 1. The van der Waals surface area contributed by atoms with Gasteiger partial charge in [-0.05, 0) is 37.3 Å². The maximum absolute atomic E-state index is 11.6. The molecule has 110 valence electrons. The molecule has 0 aromatic heterocycles. The van der Waals surface area contributed by atoms with E-state index in [9.17, 15) is 9.90 Å². The molecule has 2 rings (SSSR count). The highest BCUT2D eigenvalue weighted by atomic mass is 16.4. The third-order valence-corrected chi connectivity index (χ3v) is 4.55. The van der Waals surface area contributed by atoms with E-state index in [0.717, 1.165) is 24.8 Å². The summed E-state index contributed by atoms with van der Waals surface area (Å²) in [7, 11) is 0. The summed E-state index contributed by atoms with van der Waals surface area (Å²) < 4.78 is 0. The average molecular weight is 276 g/mol. The molecule has 1 fully saturated rings. The SMILES string of the molecule is CC1CCCC1(NCC[C@H](N)c1ccccc1)C(=O)O. The van der Waals surface area contributed by atoms with E-state index >= 15 is 0 Å². The van der Waals surface area contributed by atoms with Gasteiger partial charge in [-0.3, -0.25) is 4.79 Å². The van der Waals surface area contributed by atoms with Gasteiger partial charge in [0.15, 0.2) is 0 Å². The van der Waals surface area contributed by atoms with Gasteiger partial charge in [0, 0.05) is 6.04 Å². The van der Waals surface area contributed by atoms with Crippen LogP contribution in [-0.4, -0.2) is 23.2 Å². The number of carboxylic acid groups (broad SMARTS) is 1. The fraction of sp³-hybridized carbons (Fsp3) is 0.562. The van der Waals surface area contributed by atoms with Gasteiger partial charge in [0.1, 0.15) is 5.54 Å². The zero-order valence-electron chi connectivity index (χ0n) is 12.0. The van der Waals surface area contributed by atoms with E-state index in [4.69, 9.17) is 5.73 Å². The Bertz CT molecular complexity index is 449. The van der Waals surface area contributed by atoms with Crippen molar-refractivity contribution >= 4 is 5.97 Å². The van der Waals surface area contributed by atoms with E-state index < -0.39 is 11.5 Å². The first-order chi connectivity index (χ1) is 9.56. The molecule has 0 saturated heterocycles. The molecule has 3 atom stereocenters. The molecular formula is C16H24N2O2. The lowest BCUT2D eigenvalue weighted by Crippen LogP contribution is -2.54. The average Bonchev–Trinajstić information content (AvgIpc) is 2.82. The molecule has 2 unspecified atom stereocenters. The van der Waals surface area contributed by atoms with Crippen LogP contribution in [0.4, 0.5) is 0 Å². The van der Waals surface area contributed by atoms with Crippen molar-refractivity contribution in [1.29, 1.82) is 0 Å². The van der Waals surface area contributed by atoms with Crippen molar-refractivity contribution < 1.29 is 9.90 Å². The third-order valence-electron chi connectivity index (χ3n) is 4.55. The van der Waals surface area contributed by atoms with Crippen LogP contribution in [0.25, 0.3) is 0 Å². The van der Waals surface area contributed by atoms with Crippen LogP contribution in [0.2, 0.25) is 0 Å². The minimum Gasteiger partial charge on any atom is -0.480 e. The van der Waals surface area contributed by atoms with E-state index in [0.29, 0.717) is 13.0 Å². The number of hydrogen-bond donors (Lipinski definition) is 3. The molecule has 0 spiro atoms. The molecule has 0 bridgehead atoms. The second kappa shape index (κ2) is 6.37. The number of carbonyl (C=O) groups is 1. The van der Waals surface area contributed by atoms with E-state index in [1.807, 2.05) is 37.3 Å². The number of nitrogens with one attached hydrogen (secondary N) is 1. The second-order valence-electron chi connectivity index (χ2n) is 5.80. The second-order valence-corrected chi connectivity index (χ2v) is 5.80. The van der Waals surface area contributed by atoms with Crippen molar-refractivity contribution in [2.75, 3.05) is 6.54 Å². The number of aliphatic carboxylic acids is 1. The van der Waals surface area contributed by atoms with E-state index in [2.05, 4.69) is 5.32 Å². The van der Waals surface area contributed by atoms with Crippen molar-refractivity contribution in [3.05, 3.63) is 35.9 Å². The van der Waals surface area contributed by atoms with Gasteiger partial charge in [0.25, 0.3) is 0 Å². The molecule has 4 heteroatoms. The quantitative estimate of drug-likeness (QED) is 0.745. The standard InChI is InChI=1S/C16H24N2O2/c1-12-6-5-10-16(12,15(19)20)18-11-9-14(17)13-7-3-2-4-8-13/h2-4,7-8,12,14,18H,5-6,9-11,17H2,1H3,(H,19,20)/t12?,14-,16?/m0/s1. The summed E-state index contributed by atoms with van der Waals surface area (Å²) in [6.45, 7) is 2.65. The Hall–Kier alpha value is -1.39. The first-order valence-electron chi connectivity index (χ1n) is 7.35. The van der Waals surface area contributed by atoms with Gasteiger partial charge in [0.05, 0.1) is 0 Å². The number of carboxylic acids is 1. The maximum atomic E-state index is 11.6. The molecule has 1 aromatic rings. The van der Waals surface area contributed by atoms with Crippen molar-refractivity contribution in [2.45, 2.75) is 44.2 Å². The summed E-state index contributed by atoms with van der Waals surface area (Å²) in [5.74, 6) is -0.552. The van der Waals surface area contributed by atoms with Crippen LogP contribution in [0.15, 0.2) is 30.3 Å². The molecule has 1 saturated carbocycles. The first-order valence-corrected chi connectivity index (χ1v) is 7.35. The van der Waals surface area contributed by atoms with Gasteiger partial charge >= 0.3 is 5.97 Å². The van der Waals surface area contributed by atoms with Gasteiger partial charge in [-0.15, -0.1) is 0 Å². The lowest BCUT2D eigenvalue weighted by atomic mass is 9.88. The van der Waals surface area contributed by atoms with Gasteiger partial charge in [-0.1, -0.05) is 43.7 Å². The molecule has 1 aliphatic carbocycles. The fourth-order valence-corrected chi connectivity index (χ4v) is 3.15. The predicted octanol–water partition coefficient (Wildman–Crippen LogP) is 2.31. The Balaban J connectivity index is 1.90. The van der Waals surface area contributed by atoms with Crippen molar-refractivity contribution in [2.24, 2.45) is 11.7 Å². The van der Waals surface area contributed by atoms with E-state index in [1.54, 1.807) is 0 Å². The Kier molecular flexibility index (Phi) is 4.78. The van der Waals surface area contributed by atoms with Crippen molar-refractivity contribution in [1.82, 2.24) is 5.32 Å². The molecular weight excluding hydrogens is 252 g/mol. The monoisotopic (exact) mass is 276 g/mol. The van der Waals surface area contributed by atoms with Crippen LogP contribution in [0.1, 0.15) is 44.2 Å². The highest BCUT2D eigenvalue weighted by molar-refractivity contribution is 5.79. The number of hydrogen-bond acceptors (Lipinski definition) is 3. The first kappa shape index (κ1) is 15.0. The van der Waals surface area contributed by atoms with Gasteiger partial charge in [0.2, 0.25) is 0 Å². The maximum Gasteiger partial charge on any atom is 0.324 e. The van der Waals surface area contributed by atoms with Crippen molar-refractivity contribution in [3.63, 3.8) is 0 Å². The highest BCUT2D eigenvalue weighted by Gasteiger charge is 2.46. The summed E-state index contributed by atoms with van der Waals surface area (Å²) in [5.41, 5.74) is 6.49. The van der Waals surface area contributed by atoms with Crippen LogP contribution in [0.5, 0.6) is 0 Å². The molecule has 20 heavy (non-hydrogen) atoms. The molecule has 4 N–H and O–H groups in total. The zero-order chi connectivity index (χ0) is 14.6. The van der Waals surface area contributed by atoms with Crippen molar-refractivity contribution in [3.8, 4) is 0 Å². The minimum atomic E-state index is -0.754. The van der Waals surface area contributed by atoms with Crippen LogP contribution in [0.3, 0.4) is 0 Å². The molecule has 0 amide bonds. The Morgan fingerprint density at radius 1 is 1.50 bits per heavy atom. The minimum absolute atomic E-state index is 0.0498. The summed E-state index contributed by atoms with van der Waals surface area (Å²) >= 11 is 0. The van der Waals surface area contributed by atoms with E-state index in [1.165, 1.54) is 0 Å². The van der Waals surface area contributed by atoms with Crippen LogP contribution in [0, 0.1) is 5.92 Å². The summed E-state index contributed by atoms with van der Waals surface area (Å²) in [5, 5.41) is 12.8. The smallest absolute Gasteiger partial charge is 0.324 e. The Morgan fingerprint density at radius 2 is 2.20 bits per heavy atom. The molecule has 0 radical (unpaired) electrons. The summed E-state index contributed by atoms with van der Waals surface area (Å²) in [6, 6.07) is 9.88. The molecule has 1 aliphatic rings. The topological polar surface area (TPSA) is 75.3 Å². The van der Waals surface area contributed by atoms with Crippen LogP contribution >= 0.6 is 0 Å². The van der Waals surface area contributed by atoms with Gasteiger partial charge in [-0.25, -0.2) is 0 Å². The molecule has 4 nitrogen and oxygen atoms in total. The Morgan fingerprint density at radius 3 is 2.75 bits per heavy atom. The summed E-state index contributed by atoms with van der Waals surface area (Å²) in [6.07, 6.45) is 3.41. The highest BCUT2D eigenvalue weighted by Crippen LogP contribution is 2.35. The Labute approximate surface area is 120 Å². The third kappa shape index (κ3) is 3.02. The normalized spacial score (nSPS) is 27.4. The van der Waals surface area contributed by atoms with Crippen LogP contribution < -0.4 is 11.1 Å². The predicted molar refractivity (Wildman–Crippen MR) is 79.4 cm³/mol. The molecule has 0 heterocycles. The fourth-order valence-electron chi connectivity index (χ4n) is 3.15. The van der Waals surface area contributed by atoms with Gasteiger partial charge in [-0.2, -0.15) is 0 Å². The van der Waals surface area contributed by atoms with Gasteiger partial charge < -0.3 is 16.2 Å². The summed E-state index contributed by atoms with van der Waals surface area (Å²) in [4.78, 5) is 11.6. The zero-order valence-corrected chi connectivity index (χ0v) is 12.0. The molecule has 1 aromatic carbocycles. The largest absolute Gasteiger partial charge is 0.480 e. The number of rotatable bonds is 6. The molecule has 0 aliphatic heterocycles. The lowest BCUT2D eigenvalue weighted by Gasteiger charge is -2.31.